The first-order valence-corrected chi connectivity index (χ1v) is 8.86. The Balaban J connectivity index is 1.70. The van der Waals surface area contributed by atoms with Crippen molar-refractivity contribution < 1.29 is 22.7 Å². The molecule has 0 N–H and O–H groups in total. The summed E-state index contributed by atoms with van der Waals surface area (Å²) in [6.45, 7) is 3.11. The van der Waals surface area contributed by atoms with Crippen molar-refractivity contribution in [3.8, 4) is 0 Å². The third-order valence-electron chi connectivity index (χ3n) is 4.81. The van der Waals surface area contributed by atoms with E-state index in [0.29, 0.717) is 19.0 Å². The molecule has 1 saturated heterocycles. The summed E-state index contributed by atoms with van der Waals surface area (Å²) >= 11 is 0. The maximum Gasteiger partial charge on any atom is 0.433 e. The molecule has 2 heterocycles. The van der Waals surface area contributed by atoms with Crippen LogP contribution in [-0.4, -0.2) is 41.1 Å². The number of amides is 1. The number of unbranched alkanes of at least 4 members (excludes halogenated alkanes) is 1. The molecule has 1 aliphatic heterocycles. The predicted octanol–water partition coefficient (Wildman–Crippen LogP) is 3.91. The minimum Gasteiger partial charge on any atom is -0.371 e. The zero-order valence-corrected chi connectivity index (χ0v) is 14.3. The van der Waals surface area contributed by atoms with E-state index >= 15 is 0 Å². The molecule has 2 atom stereocenters. The van der Waals surface area contributed by atoms with E-state index in [0.717, 1.165) is 44.4 Å². The number of hydrogen-bond acceptors (Lipinski definition) is 3. The number of morpholine rings is 1. The van der Waals surface area contributed by atoms with Crippen molar-refractivity contribution in [3.05, 3.63) is 29.6 Å². The SMILES string of the molecule is CCCC[C@@H]1CN(C(=O)c2ccc(C(F)(F)F)nc2)C[C@H](C2CC2)O1. The standard InChI is InChI=1S/C18H23F3N2O2/c1-2-3-4-14-10-23(11-15(25-14)12-5-6-12)17(24)13-7-8-16(22-9-13)18(19,20)21/h7-9,12,14-15H,2-6,10-11H2,1H3/t14-,15-/m1/s1. The lowest BCUT2D eigenvalue weighted by Crippen LogP contribution is -2.50. The summed E-state index contributed by atoms with van der Waals surface area (Å²) in [6.07, 6.45) is 1.80. The van der Waals surface area contributed by atoms with Gasteiger partial charge in [0.2, 0.25) is 0 Å². The van der Waals surface area contributed by atoms with Gasteiger partial charge in [-0.05, 0) is 37.3 Å². The lowest BCUT2D eigenvalue weighted by Gasteiger charge is -2.38. The Labute approximate surface area is 145 Å². The first kappa shape index (κ1) is 18.2. The van der Waals surface area contributed by atoms with Crippen molar-refractivity contribution >= 4 is 5.91 Å². The Bertz CT molecular complexity index is 599. The van der Waals surface area contributed by atoms with Gasteiger partial charge in [0.1, 0.15) is 5.69 Å². The van der Waals surface area contributed by atoms with E-state index < -0.39 is 11.9 Å². The molecule has 1 saturated carbocycles. The molecule has 2 fully saturated rings. The van der Waals surface area contributed by atoms with E-state index in [1.54, 1.807) is 4.90 Å². The van der Waals surface area contributed by atoms with E-state index in [-0.39, 0.29) is 23.7 Å². The van der Waals surface area contributed by atoms with E-state index in [4.69, 9.17) is 4.74 Å². The Hall–Kier alpha value is -1.63. The fourth-order valence-electron chi connectivity index (χ4n) is 3.23. The summed E-state index contributed by atoms with van der Waals surface area (Å²) in [5.74, 6) is 0.238. The van der Waals surface area contributed by atoms with Crippen LogP contribution < -0.4 is 0 Å². The van der Waals surface area contributed by atoms with Gasteiger partial charge in [-0.1, -0.05) is 19.8 Å². The zero-order valence-electron chi connectivity index (χ0n) is 14.3. The van der Waals surface area contributed by atoms with Crippen molar-refractivity contribution in [2.75, 3.05) is 13.1 Å². The van der Waals surface area contributed by atoms with Gasteiger partial charge in [0.15, 0.2) is 0 Å². The van der Waals surface area contributed by atoms with E-state index in [9.17, 15) is 18.0 Å². The van der Waals surface area contributed by atoms with Crippen LogP contribution in [0.1, 0.15) is 55.1 Å². The van der Waals surface area contributed by atoms with Gasteiger partial charge in [-0.2, -0.15) is 13.2 Å². The van der Waals surface area contributed by atoms with Gasteiger partial charge < -0.3 is 9.64 Å². The third-order valence-corrected chi connectivity index (χ3v) is 4.81. The average Bonchev–Trinajstić information content (AvgIpc) is 3.43. The van der Waals surface area contributed by atoms with Crippen molar-refractivity contribution in [3.63, 3.8) is 0 Å². The summed E-state index contributed by atoms with van der Waals surface area (Å²) in [5, 5.41) is 0. The molecular weight excluding hydrogens is 333 g/mol. The van der Waals surface area contributed by atoms with Crippen molar-refractivity contribution in [1.29, 1.82) is 0 Å². The predicted molar refractivity (Wildman–Crippen MR) is 86.1 cm³/mol. The van der Waals surface area contributed by atoms with Crippen LogP contribution >= 0.6 is 0 Å². The number of nitrogens with zero attached hydrogens (tertiary/aromatic N) is 2. The summed E-state index contributed by atoms with van der Waals surface area (Å²) in [6, 6.07) is 2.07. The Morgan fingerprint density at radius 1 is 1.32 bits per heavy atom. The highest BCUT2D eigenvalue weighted by atomic mass is 19.4. The monoisotopic (exact) mass is 356 g/mol. The molecule has 138 valence electrons. The Morgan fingerprint density at radius 2 is 2.08 bits per heavy atom. The highest BCUT2D eigenvalue weighted by Gasteiger charge is 2.40. The van der Waals surface area contributed by atoms with Crippen LogP contribution in [0.15, 0.2) is 18.3 Å². The average molecular weight is 356 g/mol. The van der Waals surface area contributed by atoms with Crippen LogP contribution in [0.25, 0.3) is 0 Å². The Morgan fingerprint density at radius 3 is 2.64 bits per heavy atom. The summed E-state index contributed by atoms with van der Waals surface area (Å²) in [5.41, 5.74) is -0.790. The molecule has 7 heteroatoms. The number of halogens is 3. The molecule has 2 aliphatic rings. The quantitative estimate of drug-likeness (QED) is 0.803. The number of hydrogen-bond donors (Lipinski definition) is 0. The normalized spacial score (nSPS) is 24.4. The second kappa shape index (κ2) is 7.32. The lowest BCUT2D eigenvalue weighted by molar-refractivity contribution is -0.141. The maximum absolute atomic E-state index is 12.7. The molecule has 0 spiro atoms. The molecule has 0 bridgehead atoms. The van der Waals surface area contributed by atoms with Gasteiger partial charge >= 0.3 is 6.18 Å². The van der Waals surface area contributed by atoms with E-state index in [2.05, 4.69) is 11.9 Å². The first-order chi connectivity index (χ1) is 11.9. The minimum absolute atomic E-state index is 0.00524. The van der Waals surface area contributed by atoms with Crippen LogP contribution in [0.5, 0.6) is 0 Å². The van der Waals surface area contributed by atoms with Gasteiger partial charge in [-0.15, -0.1) is 0 Å². The largest absolute Gasteiger partial charge is 0.433 e. The number of carbonyl (C=O) groups is 1. The highest BCUT2D eigenvalue weighted by molar-refractivity contribution is 5.94. The molecule has 0 aromatic carbocycles. The lowest BCUT2D eigenvalue weighted by atomic mass is 10.1. The Kier molecular flexibility index (Phi) is 5.32. The van der Waals surface area contributed by atoms with Crippen molar-refractivity contribution in [1.82, 2.24) is 9.88 Å². The minimum atomic E-state index is -4.50. The zero-order chi connectivity index (χ0) is 18.0. The number of carbonyl (C=O) groups excluding carboxylic acids is 1. The van der Waals surface area contributed by atoms with E-state index in [1.807, 2.05) is 0 Å². The van der Waals surface area contributed by atoms with Crippen molar-refractivity contribution in [2.24, 2.45) is 5.92 Å². The van der Waals surface area contributed by atoms with Crippen LogP contribution in [0, 0.1) is 5.92 Å². The molecule has 1 aromatic rings. The second-order valence-electron chi connectivity index (χ2n) is 6.92. The van der Waals surface area contributed by atoms with Gasteiger partial charge in [0, 0.05) is 19.3 Å². The second-order valence-corrected chi connectivity index (χ2v) is 6.92. The highest BCUT2D eigenvalue weighted by Crippen LogP contribution is 2.37. The molecule has 3 rings (SSSR count). The van der Waals surface area contributed by atoms with Crippen LogP contribution in [0.4, 0.5) is 13.2 Å². The molecule has 1 aliphatic carbocycles. The number of alkyl halides is 3. The van der Waals surface area contributed by atoms with Gasteiger partial charge in [-0.25, -0.2) is 0 Å². The van der Waals surface area contributed by atoms with Gasteiger partial charge in [0.05, 0.1) is 17.8 Å². The van der Waals surface area contributed by atoms with E-state index in [1.165, 1.54) is 6.07 Å². The molecule has 0 unspecified atom stereocenters. The topological polar surface area (TPSA) is 42.4 Å². The fraction of sp³-hybridized carbons (Fsp3) is 0.667. The molecule has 25 heavy (non-hydrogen) atoms. The smallest absolute Gasteiger partial charge is 0.371 e. The fourth-order valence-corrected chi connectivity index (χ4v) is 3.23. The molecule has 4 nitrogen and oxygen atoms in total. The number of rotatable bonds is 5. The van der Waals surface area contributed by atoms with Crippen molar-refractivity contribution in [2.45, 2.75) is 57.4 Å². The summed E-state index contributed by atoms with van der Waals surface area (Å²) in [4.78, 5) is 17.8. The molecule has 1 amide bonds. The van der Waals surface area contributed by atoms with Gasteiger partial charge in [-0.3, -0.25) is 9.78 Å². The van der Waals surface area contributed by atoms with Crippen LogP contribution in [0.3, 0.4) is 0 Å². The maximum atomic E-state index is 12.7. The first-order valence-electron chi connectivity index (χ1n) is 8.86. The number of pyridine rings is 1. The molecule has 0 radical (unpaired) electrons. The van der Waals surface area contributed by atoms with Crippen LogP contribution in [0.2, 0.25) is 0 Å². The van der Waals surface area contributed by atoms with Gasteiger partial charge in [0.25, 0.3) is 5.91 Å². The summed E-state index contributed by atoms with van der Waals surface area (Å²) in [7, 11) is 0. The number of aromatic nitrogens is 1. The molecular formula is C18H23F3N2O2. The number of ether oxygens (including phenoxy) is 1. The van der Waals surface area contributed by atoms with Crippen LogP contribution in [-0.2, 0) is 10.9 Å². The summed E-state index contributed by atoms with van der Waals surface area (Å²) < 4.78 is 44.0. The molecule has 1 aromatic heterocycles. The third kappa shape index (κ3) is 4.51.